The van der Waals surface area contributed by atoms with Gasteiger partial charge in [-0.1, -0.05) is 5.16 Å². The summed E-state index contributed by atoms with van der Waals surface area (Å²) in [5, 5.41) is 3.57. The molecule has 0 amide bonds. The summed E-state index contributed by atoms with van der Waals surface area (Å²) in [5.41, 5.74) is 4.68. The minimum atomic E-state index is -4.51. The van der Waals surface area contributed by atoms with Crippen LogP contribution in [0, 0.1) is 0 Å². The first-order valence-corrected chi connectivity index (χ1v) is 5.00. The lowest BCUT2D eigenvalue weighted by Gasteiger charge is -2.05. The van der Waals surface area contributed by atoms with Crippen LogP contribution >= 0.6 is 0 Å². The molecule has 2 rings (SSSR count). The Morgan fingerprint density at radius 2 is 2.11 bits per heavy atom. The monoisotopic (exact) mass is 258 g/mol. The molecule has 2 heterocycles. The van der Waals surface area contributed by atoms with Crippen LogP contribution in [0.15, 0.2) is 22.9 Å². The molecule has 0 fully saturated rings. The Kier molecular flexibility index (Phi) is 3.04. The van der Waals surface area contributed by atoms with Gasteiger partial charge in [-0.2, -0.15) is 18.2 Å². The molecule has 8 heteroatoms. The third-order valence-electron chi connectivity index (χ3n) is 2.14. The SMILES string of the molecule is C[C@@H](N)c1nc(-c2ccnc(C(F)(F)F)c2)no1. The van der Waals surface area contributed by atoms with E-state index in [2.05, 4.69) is 15.1 Å². The smallest absolute Gasteiger partial charge is 0.337 e. The number of alkyl halides is 3. The maximum absolute atomic E-state index is 12.5. The van der Waals surface area contributed by atoms with Gasteiger partial charge in [0, 0.05) is 11.8 Å². The fraction of sp³-hybridized carbons (Fsp3) is 0.300. The first-order chi connectivity index (χ1) is 8.38. The van der Waals surface area contributed by atoms with Gasteiger partial charge in [0.05, 0.1) is 6.04 Å². The first kappa shape index (κ1) is 12.5. The van der Waals surface area contributed by atoms with Crippen LogP contribution in [0.25, 0.3) is 11.4 Å². The van der Waals surface area contributed by atoms with Gasteiger partial charge in [-0.15, -0.1) is 0 Å². The molecule has 96 valence electrons. The van der Waals surface area contributed by atoms with E-state index < -0.39 is 17.9 Å². The molecular formula is C10H9F3N4O. The molecule has 1 atom stereocenters. The number of rotatable bonds is 2. The van der Waals surface area contributed by atoms with Crippen molar-refractivity contribution in [2.45, 2.75) is 19.1 Å². The highest BCUT2D eigenvalue weighted by atomic mass is 19.4. The number of halogens is 3. The fourth-order valence-electron chi connectivity index (χ4n) is 1.26. The molecule has 18 heavy (non-hydrogen) atoms. The summed E-state index contributed by atoms with van der Waals surface area (Å²) in [5.74, 6) is 0.213. The van der Waals surface area contributed by atoms with Gasteiger partial charge in [-0.25, -0.2) is 0 Å². The molecule has 0 saturated carbocycles. The quantitative estimate of drug-likeness (QED) is 0.893. The van der Waals surface area contributed by atoms with Crippen LogP contribution in [0.2, 0.25) is 0 Å². The Morgan fingerprint density at radius 3 is 2.67 bits per heavy atom. The normalized spacial score (nSPS) is 13.6. The van der Waals surface area contributed by atoms with Gasteiger partial charge in [0.2, 0.25) is 11.7 Å². The fourth-order valence-corrected chi connectivity index (χ4v) is 1.26. The Morgan fingerprint density at radius 1 is 1.39 bits per heavy atom. The lowest BCUT2D eigenvalue weighted by molar-refractivity contribution is -0.141. The van der Waals surface area contributed by atoms with Crippen molar-refractivity contribution in [3.8, 4) is 11.4 Å². The summed E-state index contributed by atoms with van der Waals surface area (Å²) >= 11 is 0. The summed E-state index contributed by atoms with van der Waals surface area (Å²) in [7, 11) is 0. The van der Waals surface area contributed by atoms with Gasteiger partial charge in [0.1, 0.15) is 5.69 Å². The summed E-state index contributed by atoms with van der Waals surface area (Å²) in [6.45, 7) is 1.63. The van der Waals surface area contributed by atoms with Crippen LogP contribution in [0.4, 0.5) is 13.2 Å². The van der Waals surface area contributed by atoms with E-state index in [-0.39, 0.29) is 17.3 Å². The van der Waals surface area contributed by atoms with Crippen molar-refractivity contribution in [2.24, 2.45) is 5.73 Å². The number of pyridine rings is 1. The Bertz CT molecular complexity index is 550. The van der Waals surface area contributed by atoms with Crippen molar-refractivity contribution in [3.63, 3.8) is 0 Å². The molecule has 0 radical (unpaired) electrons. The highest BCUT2D eigenvalue weighted by Crippen LogP contribution is 2.29. The van der Waals surface area contributed by atoms with Crippen molar-refractivity contribution in [1.29, 1.82) is 0 Å². The van der Waals surface area contributed by atoms with Crippen LogP contribution in [-0.4, -0.2) is 15.1 Å². The summed E-state index contributed by atoms with van der Waals surface area (Å²) in [6, 6.07) is 1.75. The standard InChI is InChI=1S/C10H9F3N4O/c1-5(14)9-16-8(17-18-9)6-2-3-15-7(4-6)10(11,12)13/h2-5H,14H2,1H3/t5-/m1/s1. The van der Waals surface area contributed by atoms with E-state index in [1.165, 1.54) is 6.07 Å². The molecule has 0 aliphatic carbocycles. The lowest BCUT2D eigenvalue weighted by Crippen LogP contribution is -2.07. The highest BCUT2D eigenvalue weighted by molar-refractivity contribution is 5.54. The van der Waals surface area contributed by atoms with Crippen LogP contribution in [0.1, 0.15) is 24.6 Å². The molecule has 0 saturated heterocycles. The Hall–Kier alpha value is -1.96. The number of nitrogens with two attached hydrogens (primary N) is 1. The zero-order chi connectivity index (χ0) is 13.3. The summed E-state index contributed by atoms with van der Waals surface area (Å²) in [4.78, 5) is 7.15. The highest BCUT2D eigenvalue weighted by Gasteiger charge is 2.32. The predicted octanol–water partition coefficient (Wildman–Crippen LogP) is 2.17. The van der Waals surface area contributed by atoms with Crippen LogP contribution in [-0.2, 0) is 6.18 Å². The minimum Gasteiger partial charge on any atom is -0.337 e. The maximum atomic E-state index is 12.5. The first-order valence-electron chi connectivity index (χ1n) is 5.00. The molecule has 0 aliphatic rings. The van der Waals surface area contributed by atoms with Crippen LogP contribution < -0.4 is 5.73 Å². The molecular weight excluding hydrogens is 249 g/mol. The van der Waals surface area contributed by atoms with Crippen molar-refractivity contribution in [3.05, 3.63) is 29.9 Å². The van der Waals surface area contributed by atoms with Gasteiger partial charge in [-0.3, -0.25) is 4.98 Å². The van der Waals surface area contributed by atoms with E-state index in [1.807, 2.05) is 0 Å². The average Bonchev–Trinajstić information content (AvgIpc) is 2.77. The lowest BCUT2D eigenvalue weighted by atomic mass is 10.2. The van der Waals surface area contributed by atoms with E-state index in [1.54, 1.807) is 6.92 Å². The molecule has 0 unspecified atom stereocenters. The van der Waals surface area contributed by atoms with E-state index in [4.69, 9.17) is 10.3 Å². The van der Waals surface area contributed by atoms with Crippen LogP contribution in [0.3, 0.4) is 0 Å². The third-order valence-corrected chi connectivity index (χ3v) is 2.14. The number of hydrogen-bond acceptors (Lipinski definition) is 5. The zero-order valence-corrected chi connectivity index (χ0v) is 9.27. The average molecular weight is 258 g/mol. The molecule has 2 N–H and O–H groups in total. The number of hydrogen-bond donors (Lipinski definition) is 1. The van der Waals surface area contributed by atoms with E-state index in [0.29, 0.717) is 0 Å². The second-order valence-corrected chi connectivity index (χ2v) is 3.67. The van der Waals surface area contributed by atoms with Crippen molar-refractivity contribution >= 4 is 0 Å². The molecule has 0 bridgehead atoms. The number of aromatic nitrogens is 3. The van der Waals surface area contributed by atoms with E-state index >= 15 is 0 Å². The van der Waals surface area contributed by atoms with Gasteiger partial charge in [-0.05, 0) is 19.1 Å². The molecule has 5 nitrogen and oxygen atoms in total. The van der Waals surface area contributed by atoms with Gasteiger partial charge in [0.15, 0.2) is 0 Å². The van der Waals surface area contributed by atoms with Gasteiger partial charge in [0.25, 0.3) is 0 Å². The predicted molar refractivity (Wildman–Crippen MR) is 55.1 cm³/mol. The summed E-state index contributed by atoms with van der Waals surface area (Å²) < 4.78 is 42.2. The molecule has 2 aromatic rings. The molecule has 0 aliphatic heterocycles. The van der Waals surface area contributed by atoms with Crippen LogP contribution in [0.5, 0.6) is 0 Å². The van der Waals surface area contributed by atoms with Crippen molar-refractivity contribution in [2.75, 3.05) is 0 Å². The van der Waals surface area contributed by atoms with Crippen molar-refractivity contribution < 1.29 is 17.7 Å². The van der Waals surface area contributed by atoms with E-state index in [9.17, 15) is 13.2 Å². The largest absolute Gasteiger partial charge is 0.433 e. The zero-order valence-electron chi connectivity index (χ0n) is 9.27. The van der Waals surface area contributed by atoms with Gasteiger partial charge < -0.3 is 10.3 Å². The topological polar surface area (TPSA) is 77.8 Å². The maximum Gasteiger partial charge on any atom is 0.433 e. The number of nitrogens with zero attached hydrogens (tertiary/aromatic N) is 3. The molecule has 0 aromatic carbocycles. The third kappa shape index (κ3) is 2.48. The second-order valence-electron chi connectivity index (χ2n) is 3.67. The molecule has 2 aromatic heterocycles. The van der Waals surface area contributed by atoms with E-state index in [0.717, 1.165) is 12.3 Å². The van der Waals surface area contributed by atoms with Crippen molar-refractivity contribution in [1.82, 2.24) is 15.1 Å². The Balaban J connectivity index is 2.38. The molecule has 0 spiro atoms. The summed E-state index contributed by atoms with van der Waals surface area (Å²) in [6.07, 6.45) is -3.47. The second kappa shape index (κ2) is 4.37. The Labute approximate surface area is 99.8 Å². The minimum absolute atomic E-state index is 0.0511. The van der Waals surface area contributed by atoms with Gasteiger partial charge >= 0.3 is 6.18 Å².